The van der Waals surface area contributed by atoms with Gasteiger partial charge in [-0.25, -0.2) is 0 Å². The lowest BCUT2D eigenvalue weighted by Gasteiger charge is -2.28. The maximum atomic E-state index is 10.5. The van der Waals surface area contributed by atoms with Crippen molar-refractivity contribution in [3.8, 4) is 11.5 Å². The van der Waals surface area contributed by atoms with Gasteiger partial charge in [0.15, 0.2) is 0 Å². The van der Waals surface area contributed by atoms with Crippen LogP contribution in [0.25, 0.3) is 0 Å². The molecule has 0 atom stereocenters. The quantitative estimate of drug-likeness (QED) is 0.604. The summed E-state index contributed by atoms with van der Waals surface area (Å²) in [4.78, 5) is 0. The van der Waals surface area contributed by atoms with Crippen molar-refractivity contribution in [2.45, 2.75) is 77.0 Å². The first-order valence-electron chi connectivity index (χ1n) is 9.10. The van der Waals surface area contributed by atoms with E-state index in [1.54, 1.807) is 0 Å². The van der Waals surface area contributed by atoms with Crippen molar-refractivity contribution in [3.05, 3.63) is 23.3 Å². The first kappa shape index (κ1) is 18.5. The Morgan fingerprint density at radius 2 is 1.65 bits per heavy atom. The number of hydrogen-bond donors (Lipinski definition) is 2. The molecule has 1 aromatic carbocycles. The molecule has 1 aromatic rings. The average Bonchev–Trinajstić information content (AvgIpc) is 2.52. The summed E-state index contributed by atoms with van der Waals surface area (Å²) in [7, 11) is 0. The zero-order valence-corrected chi connectivity index (χ0v) is 15.7. The third-order valence-corrected chi connectivity index (χ3v) is 6.25. The molecule has 23 heavy (non-hydrogen) atoms. The Morgan fingerprint density at radius 1 is 1.04 bits per heavy atom. The van der Waals surface area contributed by atoms with Crippen molar-refractivity contribution in [2.24, 2.45) is 0 Å². The third-order valence-electron chi connectivity index (χ3n) is 5.20. The molecule has 0 spiro atoms. The summed E-state index contributed by atoms with van der Waals surface area (Å²) in [5.41, 5.74) is 1.82. The van der Waals surface area contributed by atoms with Gasteiger partial charge in [0.25, 0.3) is 0 Å². The van der Waals surface area contributed by atoms with Crippen molar-refractivity contribution in [1.82, 2.24) is 0 Å². The Hall–Kier alpha value is -0.830. The van der Waals surface area contributed by atoms with Gasteiger partial charge < -0.3 is 10.2 Å². The summed E-state index contributed by atoms with van der Waals surface area (Å²) in [5, 5.41) is 21.1. The lowest BCUT2D eigenvalue weighted by molar-refractivity contribution is 0.407. The summed E-state index contributed by atoms with van der Waals surface area (Å²) >= 11 is 1.96. The predicted octanol–water partition coefficient (Wildman–Crippen LogP) is 5.96. The molecule has 0 bridgehead atoms. The van der Waals surface area contributed by atoms with E-state index >= 15 is 0 Å². The predicted molar refractivity (Wildman–Crippen MR) is 101 cm³/mol. The van der Waals surface area contributed by atoms with Crippen molar-refractivity contribution in [1.29, 1.82) is 0 Å². The van der Waals surface area contributed by atoms with Crippen molar-refractivity contribution in [3.63, 3.8) is 0 Å². The van der Waals surface area contributed by atoms with Crippen molar-refractivity contribution in [2.75, 3.05) is 11.5 Å². The highest BCUT2D eigenvalue weighted by Gasteiger charge is 2.27. The lowest BCUT2D eigenvalue weighted by Crippen LogP contribution is -2.17. The lowest BCUT2D eigenvalue weighted by atomic mass is 9.78. The second-order valence-electron chi connectivity index (χ2n) is 7.51. The van der Waals surface area contributed by atoms with Crippen LogP contribution >= 0.6 is 11.8 Å². The van der Waals surface area contributed by atoms with E-state index in [9.17, 15) is 10.2 Å². The number of hydrogen-bond acceptors (Lipinski definition) is 3. The zero-order chi connectivity index (χ0) is 16.9. The van der Waals surface area contributed by atoms with E-state index in [1.165, 1.54) is 25.7 Å². The van der Waals surface area contributed by atoms with Crippen LogP contribution in [0.2, 0.25) is 0 Å². The first-order chi connectivity index (χ1) is 11.0. The van der Waals surface area contributed by atoms with E-state index < -0.39 is 0 Å². The molecule has 0 radical (unpaired) electrons. The number of rotatable bonds is 7. The second kappa shape index (κ2) is 8.32. The molecule has 0 aromatic heterocycles. The van der Waals surface area contributed by atoms with Gasteiger partial charge in [0, 0.05) is 5.56 Å². The number of unbranched alkanes of at least 4 members (excludes halogenated alkanes) is 3. The maximum absolute atomic E-state index is 10.5. The highest BCUT2D eigenvalue weighted by Crippen LogP contribution is 2.44. The topological polar surface area (TPSA) is 40.5 Å². The Bertz CT molecular complexity index is 481. The van der Waals surface area contributed by atoms with E-state index in [0.717, 1.165) is 41.9 Å². The van der Waals surface area contributed by atoms with Gasteiger partial charge >= 0.3 is 0 Å². The summed E-state index contributed by atoms with van der Waals surface area (Å²) in [5.74, 6) is 3.12. The molecule has 1 aliphatic heterocycles. The van der Waals surface area contributed by atoms with Gasteiger partial charge in [-0.05, 0) is 59.8 Å². The minimum Gasteiger partial charge on any atom is -0.508 e. The molecular formula is C20H32O2S. The van der Waals surface area contributed by atoms with Crippen LogP contribution in [0, 0.1) is 0 Å². The fourth-order valence-electron chi connectivity index (χ4n) is 3.56. The summed E-state index contributed by atoms with van der Waals surface area (Å²) in [6.07, 6.45) is 8.17. The van der Waals surface area contributed by atoms with Crippen LogP contribution < -0.4 is 0 Å². The van der Waals surface area contributed by atoms with Gasteiger partial charge in [-0.2, -0.15) is 11.8 Å². The van der Waals surface area contributed by atoms with Crippen LogP contribution in [-0.4, -0.2) is 21.7 Å². The molecule has 0 saturated carbocycles. The first-order valence-corrected chi connectivity index (χ1v) is 10.2. The molecule has 1 saturated heterocycles. The Labute approximate surface area is 145 Å². The molecular weight excluding hydrogens is 304 g/mol. The molecule has 0 amide bonds. The average molecular weight is 337 g/mol. The Balaban J connectivity index is 2.14. The smallest absolute Gasteiger partial charge is 0.123 e. The van der Waals surface area contributed by atoms with E-state index in [0.29, 0.717) is 17.4 Å². The summed E-state index contributed by atoms with van der Waals surface area (Å²) < 4.78 is 0. The van der Waals surface area contributed by atoms with Crippen LogP contribution in [0.5, 0.6) is 11.5 Å². The fourth-order valence-corrected chi connectivity index (χ4v) is 4.66. The monoisotopic (exact) mass is 336 g/mol. The normalized spacial score (nSPS) is 16.7. The van der Waals surface area contributed by atoms with Crippen LogP contribution in [-0.2, 0) is 5.41 Å². The molecule has 0 aliphatic carbocycles. The number of phenols is 2. The Morgan fingerprint density at radius 3 is 2.22 bits per heavy atom. The van der Waals surface area contributed by atoms with Gasteiger partial charge in [0.2, 0.25) is 0 Å². The second-order valence-corrected chi connectivity index (χ2v) is 8.73. The van der Waals surface area contributed by atoms with Gasteiger partial charge in [-0.1, -0.05) is 46.5 Å². The van der Waals surface area contributed by atoms with E-state index in [1.807, 2.05) is 23.9 Å². The van der Waals surface area contributed by atoms with Gasteiger partial charge in [-0.15, -0.1) is 0 Å². The Kier molecular flexibility index (Phi) is 6.70. The molecule has 130 valence electrons. The van der Waals surface area contributed by atoms with E-state index in [-0.39, 0.29) is 5.41 Å². The third kappa shape index (κ3) is 4.82. The molecule has 1 fully saturated rings. The molecule has 2 N–H and O–H groups in total. The SMILES string of the molecule is CCCCCCC(C)(C)c1cc(O)c(C2CCSCC2)c(O)c1. The van der Waals surface area contributed by atoms with Gasteiger partial charge in [0.05, 0.1) is 0 Å². The largest absolute Gasteiger partial charge is 0.508 e. The number of phenolic OH excluding ortho intramolecular Hbond substituents is 2. The highest BCUT2D eigenvalue weighted by molar-refractivity contribution is 7.99. The van der Waals surface area contributed by atoms with E-state index in [2.05, 4.69) is 20.8 Å². The molecule has 0 unspecified atom stereocenters. The summed E-state index contributed by atoms with van der Waals surface area (Å²) in [6, 6.07) is 3.80. The highest BCUT2D eigenvalue weighted by atomic mass is 32.2. The van der Waals surface area contributed by atoms with Crippen LogP contribution in [0.3, 0.4) is 0 Å². The molecule has 2 nitrogen and oxygen atoms in total. The number of aromatic hydroxyl groups is 2. The van der Waals surface area contributed by atoms with Crippen LogP contribution in [0.4, 0.5) is 0 Å². The molecule has 1 aliphatic rings. The molecule has 3 heteroatoms. The van der Waals surface area contributed by atoms with Gasteiger partial charge in [-0.3, -0.25) is 0 Å². The molecule has 1 heterocycles. The van der Waals surface area contributed by atoms with Gasteiger partial charge in [0.1, 0.15) is 11.5 Å². The van der Waals surface area contributed by atoms with Crippen LogP contribution in [0.15, 0.2) is 12.1 Å². The van der Waals surface area contributed by atoms with Crippen molar-refractivity contribution >= 4 is 11.8 Å². The number of thioether (sulfide) groups is 1. The maximum Gasteiger partial charge on any atom is 0.123 e. The van der Waals surface area contributed by atoms with Crippen LogP contribution in [0.1, 0.15) is 82.8 Å². The summed E-state index contributed by atoms with van der Waals surface area (Å²) in [6.45, 7) is 6.65. The molecule has 2 rings (SSSR count). The number of benzene rings is 1. The standard InChI is InChI=1S/C20H32O2S/c1-4-5-6-7-10-20(2,3)16-13-17(21)19(18(22)14-16)15-8-11-23-12-9-15/h13-15,21-22H,4-12H2,1-3H3. The minimum absolute atomic E-state index is 0.0103. The zero-order valence-electron chi connectivity index (χ0n) is 14.9. The minimum atomic E-state index is -0.0103. The van der Waals surface area contributed by atoms with Crippen molar-refractivity contribution < 1.29 is 10.2 Å². The van der Waals surface area contributed by atoms with E-state index in [4.69, 9.17) is 0 Å². The fraction of sp³-hybridized carbons (Fsp3) is 0.700.